The van der Waals surface area contributed by atoms with E-state index in [2.05, 4.69) is 5.32 Å². The Balaban J connectivity index is 2.67. The van der Waals surface area contributed by atoms with Gasteiger partial charge < -0.3 is 5.32 Å². The Morgan fingerprint density at radius 2 is 1.64 bits per heavy atom. The number of aryl methyl sites for hydroxylation is 1. The Kier molecular flexibility index (Phi) is 3.99. The van der Waals surface area contributed by atoms with Gasteiger partial charge in [0.1, 0.15) is 0 Å². The van der Waals surface area contributed by atoms with E-state index in [1.54, 1.807) is 37.3 Å². The van der Waals surface area contributed by atoms with Crippen LogP contribution in [0.4, 0.5) is 22.7 Å². The van der Waals surface area contributed by atoms with Crippen molar-refractivity contribution in [3.63, 3.8) is 0 Å². The average molecular weight is 298 g/mol. The van der Waals surface area contributed by atoms with Gasteiger partial charge in [-0.2, -0.15) is 5.26 Å². The third-order valence-corrected chi connectivity index (χ3v) is 3.02. The van der Waals surface area contributed by atoms with Crippen LogP contribution < -0.4 is 5.32 Å². The summed E-state index contributed by atoms with van der Waals surface area (Å²) in [7, 11) is 0. The number of para-hydroxylation sites is 1. The first-order chi connectivity index (χ1) is 10.4. The van der Waals surface area contributed by atoms with Gasteiger partial charge in [0.05, 0.1) is 21.5 Å². The summed E-state index contributed by atoms with van der Waals surface area (Å²) in [5.41, 5.74) is -0.145. The molecule has 0 aliphatic heterocycles. The summed E-state index contributed by atoms with van der Waals surface area (Å²) in [6.07, 6.45) is 0. The van der Waals surface area contributed by atoms with Gasteiger partial charge in [-0.05, 0) is 18.6 Å². The number of nitriles is 1. The average Bonchev–Trinajstić information content (AvgIpc) is 2.49. The molecule has 0 heterocycles. The summed E-state index contributed by atoms with van der Waals surface area (Å²) in [4.78, 5) is 20.8. The highest BCUT2D eigenvalue weighted by Gasteiger charge is 2.27. The quantitative estimate of drug-likeness (QED) is 0.681. The van der Waals surface area contributed by atoms with Crippen molar-refractivity contribution in [2.24, 2.45) is 0 Å². The van der Waals surface area contributed by atoms with Gasteiger partial charge in [-0.25, -0.2) is 0 Å². The number of nitrogens with one attached hydrogen (secondary N) is 1. The lowest BCUT2D eigenvalue weighted by Gasteiger charge is -2.10. The zero-order valence-electron chi connectivity index (χ0n) is 11.4. The third-order valence-electron chi connectivity index (χ3n) is 3.02. The molecule has 2 aromatic carbocycles. The largest absolute Gasteiger partial charge is 0.344 e. The first-order valence-electron chi connectivity index (χ1n) is 6.13. The zero-order valence-corrected chi connectivity index (χ0v) is 11.4. The molecule has 0 bridgehead atoms. The highest BCUT2D eigenvalue weighted by molar-refractivity contribution is 5.81. The van der Waals surface area contributed by atoms with E-state index < -0.39 is 21.2 Å². The summed E-state index contributed by atoms with van der Waals surface area (Å²) >= 11 is 0. The van der Waals surface area contributed by atoms with Crippen molar-refractivity contribution in [3.8, 4) is 6.07 Å². The van der Waals surface area contributed by atoms with Gasteiger partial charge in [0.2, 0.25) is 0 Å². The fourth-order valence-electron chi connectivity index (χ4n) is 1.94. The Bertz CT molecular complexity index is 776. The number of nitrogens with zero attached hydrogens (tertiary/aromatic N) is 3. The highest BCUT2D eigenvalue weighted by Crippen LogP contribution is 2.38. The molecule has 0 radical (unpaired) electrons. The molecule has 110 valence electrons. The van der Waals surface area contributed by atoms with Crippen LogP contribution in [0.2, 0.25) is 0 Å². The van der Waals surface area contributed by atoms with Crippen molar-refractivity contribution < 1.29 is 9.85 Å². The van der Waals surface area contributed by atoms with Crippen LogP contribution in [0.15, 0.2) is 36.4 Å². The lowest BCUT2D eigenvalue weighted by atomic mass is 10.1. The van der Waals surface area contributed by atoms with Crippen LogP contribution in [0.3, 0.4) is 0 Å². The van der Waals surface area contributed by atoms with Crippen LogP contribution in [-0.4, -0.2) is 9.85 Å². The number of nitro benzene ring substituents is 2. The lowest BCUT2D eigenvalue weighted by Crippen LogP contribution is -2.03. The van der Waals surface area contributed by atoms with Gasteiger partial charge in [-0.3, -0.25) is 20.2 Å². The molecule has 2 rings (SSSR count). The lowest BCUT2D eigenvalue weighted by molar-refractivity contribution is -0.392. The zero-order chi connectivity index (χ0) is 16.3. The number of hydrogen-bond acceptors (Lipinski definition) is 6. The molecule has 0 saturated carbocycles. The van der Waals surface area contributed by atoms with E-state index >= 15 is 0 Å². The van der Waals surface area contributed by atoms with E-state index in [1.165, 1.54) is 0 Å². The van der Waals surface area contributed by atoms with E-state index in [4.69, 9.17) is 5.26 Å². The number of nitro groups is 2. The summed E-state index contributed by atoms with van der Waals surface area (Å²) in [5, 5.41) is 33.9. The Morgan fingerprint density at radius 3 is 2.09 bits per heavy atom. The van der Waals surface area contributed by atoms with Crippen LogP contribution in [-0.2, 0) is 0 Å². The van der Waals surface area contributed by atoms with Crippen LogP contribution in [0.25, 0.3) is 0 Å². The normalized spacial score (nSPS) is 9.82. The molecule has 0 aliphatic carbocycles. The first kappa shape index (κ1) is 14.9. The SMILES string of the molecule is Cc1ccccc1Nc1c([N+](=O)[O-])cc(C#N)cc1[N+](=O)[O-]. The van der Waals surface area contributed by atoms with E-state index in [9.17, 15) is 20.2 Å². The van der Waals surface area contributed by atoms with Crippen LogP contribution in [0.5, 0.6) is 0 Å². The smallest absolute Gasteiger partial charge is 0.301 e. The second-order valence-corrected chi connectivity index (χ2v) is 4.46. The first-order valence-corrected chi connectivity index (χ1v) is 6.13. The molecule has 22 heavy (non-hydrogen) atoms. The fraction of sp³-hybridized carbons (Fsp3) is 0.0714. The summed E-state index contributed by atoms with van der Waals surface area (Å²) < 4.78 is 0. The minimum absolute atomic E-state index is 0.145. The summed E-state index contributed by atoms with van der Waals surface area (Å²) in [6.45, 7) is 1.77. The third kappa shape index (κ3) is 2.83. The van der Waals surface area contributed by atoms with Gasteiger partial charge in [-0.15, -0.1) is 0 Å². The van der Waals surface area contributed by atoms with Crippen molar-refractivity contribution in [1.29, 1.82) is 5.26 Å². The molecule has 0 saturated heterocycles. The molecular weight excluding hydrogens is 288 g/mol. The number of hydrogen-bond donors (Lipinski definition) is 1. The van der Waals surface area contributed by atoms with E-state index in [0.29, 0.717) is 5.69 Å². The van der Waals surface area contributed by atoms with Crippen LogP contribution >= 0.6 is 0 Å². The maximum absolute atomic E-state index is 11.2. The molecule has 0 amide bonds. The van der Waals surface area contributed by atoms with Crippen molar-refractivity contribution >= 4 is 22.7 Å². The number of benzene rings is 2. The predicted molar refractivity (Wildman–Crippen MR) is 78.9 cm³/mol. The van der Waals surface area contributed by atoms with Gasteiger partial charge in [0.15, 0.2) is 5.69 Å². The molecule has 1 N–H and O–H groups in total. The standard InChI is InChI=1S/C14H10N4O4/c1-9-4-2-3-5-11(9)16-14-12(17(19)20)6-10(8-15)7-13(14)18(21)22/h2-7,16H,1H3. The van der Waals surface area contributed by atoms with Crippen LogP contribution in [0, 0.1) is 38.5 Å². The second kappa shape index (κ2) is 5.88. The maximum atomic E-state index is 11.2. The summed E-state index contributed by atoms with van der Waals surface area (Å²) in [6, 6.07) is 10.6. The Hall–Kier alpha value is -3.47. The minimum Gasteiger partial charge on any atom is -0.344 e. The molecule has 0 fully saturated rings. The monoisotopic (exact) mass is 298 g/mol. The van der Waals surface area contributed by atoms with Gasteiger partial charge in [-0.1, -0.05) is 18.2 Å². The van der Waals surface area contributed by atoms with E-state index in [0.717, 1.165) is 17.7 Å². The van der Waals surface area contributed by atoms with Gasteiger partial charge >= 0.3 is 11.4 Å². The van der Waals surface area contributed by atoms with Crippen LogP contribution in [0.1, 0.15) is 11.1 Å². The molecule has 0 aromatic heterocycles. The molecular formula is C14H10N4O4. The Morgan fingerprint density at radius 1 is 1.09 bits per heavy atom. The minimum atomic E-state index is -0.756. The van der Waals surface area contributed by atoms with Crippen molar-refractivity contribution in [2.75, 3.05) is 5.32 Å². The number of anilines is 2. The topological polar surface area (TPSA) is 122 Å². The Labute approximate surface area is 124 Å². The number of rotatable bonds is 4. The predicted octanol–water partition coefficient (Wildman–Crippen LogP) is 3.43. The molecule has 8 nitrogen and oxygen atoms in total. The van der Waals surface area contributed by atoms with Crippen molar-refractivity contribution in [2.45, 2.75) is 6.92 Å². The molecule has 0 atom stereocenters. The maximum Gasteiger partial charge on any atom is 0.301 e. The molecule has 0 spiro atoms. The van der Waals surface area contributed by atoms with E-state index in [1.807, 2.05) is 0 Å². The van der Waals surface area contributed by atoms with Gasteiger partial charge in [0.25, 0.3) is 0 Å². The molecule has 0 aliphatic rings. The fourth-order valence-corrected chi connectivity index (χ4v) is 1.94. The summed E-state index contributed by atoms with van der Waals surface area (Å²) in [5.74, 6) is 0. The van der Waals surface area contributed by atoms with E-state index in [-0.39, 0.29) is 11.3 Å². The molecule has 2 aromatic rings. The van der Waals surface area contributed by atoms with Gasteiger partial charge in [0, 0.05) is 17.8 Å². The van der Waals surface area contributed by atoms with Crippen molar-refractivity contribution in [1.82, 2.24) is 0 Å². The molecule has 0 unspecified atom stereocenters. The highest BCUT2D eigenvalue weighted by atomic mass is 16.6. The second-order valence-electron chi connectivity index (χ2n) is 4.46. The molecule has 8 heteroatoms. The van der Waals surface area contributed by atoms with Crippen molar-refractivity contribution in [3.05, 3.63) is 67.8 Å².